The first kappa shape index (κ1) is 16.7. The number of nitrogens with zero attached hydrogens (tertiary/aromatic N) is 1. The molecule has 4 heteroatoms. The van der Waals surface area contributed by atoms with Crippen molar-refractivity contribution in [2.24, 2.45) is 0 Å². The lowest BCUT2D eigenvalue weighted by Gasteiger charge is -2.39. The maximum atomic E-state index is 11.0. The summed E-state index contributed by atoms with van der Waals surface area (Å²) in [5, 5.41) is 11.0. The van der Waals surface area contributed by atoms with Crippen molar-refractivity contribution in [3.05, 3.63) is 28.8 Å². The molecule has 0 spiro atoms. The topological polar surface area (TPSA) is 41.9 Å². The molecule has 1 atom stereocenters. The maximum absolute atomic E-state index is 11.0. The first-order valence-corrected chi connectivity index (χ1v) is 8.72. The normalized spacial score (nSPS) is 26.6. The van der Waals surface area contributed by atoms with Crippen LogP contribution in [0.15, 0.2) is 12.1 Å². The van der Waals surface area contributed by atoms with Crippen LogP contribution in [0.2, 0.25) is 0 Å². The zero-order valence-corrected chi connectivity index (χ0v) is 14.6. The van der Waals surface area contributed by atoms with Crippen molar-refractivity contribution >= 4 is 0 Å². The Morgan fingerprint density at radius 2 is 2.09 bits per heavy atom. The molecule has 4 nitrogen and oxygen atoms in total. The van der Waals surface area contributed by atoms with E-state index in [1.165, 1.54) is 30.4 Å². The summed E-state index contributed by atoms with van der Waals surface area (Å²) in [6.45, 7) is 9.11. The van der Waals surface area contributed by atoms with Gasteiger partial charge in [-0.2, -0.15) is 0 Å². The molecular formula is C19H29NO3. The third-order valence-corrected chi connectivity index (χ3v) is 5.24. The highest BCUT2D eigenvalue weighted by Crippen LogP contribution is 2.28. The van der Waals surface area contributed by atoms with Gasteiger partial charge in [0.1, 0.15) is 18.0 Å². The molecule has 0 bridgehead atoms. The molecule has 2 aliphatic rings. The minimum absolute atomic E-state index is 0.278. The Labute approximate surface area is 139 Å². The summed E-state index contributed by atoms with van der Waals surface area (Å²) < 4.78 is 11.7. The van der Waals surface area contributed by atoms with Crippen molar-refractivity contribution in [3.63, 3.8) is 0 Å². The van der Waals surface area contributed by atoms with Crippen molar-refractivity contribution in [1.29, 1.82) is 0 Å². The van der Waals surface area contributed by atoms with E-state index in [1.807, 2.05) is 6.07 Å². The van der Waals surface area contributed by atoms with E-state index in [0.717, 1.165) is 17.9 Å². The largest absolute Gasteiger partial charge is 0.490 e. The van der Waals surface area contributed by atoms with Crippen LogP contribution in [0.4, 0.5) is 0 Å². The van der Waals surface area contributed by atoms with Crippen LogP contribution in [0.25, 0.3) is 0 Å². The predicted octanol–water partition coefficient (Wildman–Crippen LogP) is 2.61. The van der Waals surface area contributed by atoms with Crippen LogP contribution >= 0.6 is 0 Å². The molecule has 0 amide bonds. The Kier molecular flexibility index (Phi) is 4.95. The Bertz CT molecular complexity index is 556. The second-order valence-electron chi connectivity index (χ2n) is 7.33. The summed E-state index contributed by atoms with van der Waals surface area (Å²) >= 11 is 0. The minimum atomic E-state index is -0.934. The SMILES string of the molecule is Cc1cc(C)c(C)c(OCC2(O)COCCN(C3CCC3)C2)c1. The fourth-order valence-corrected chi connectivity index (χ4v) is 3.46. The molecule has 128 valence electrons. The minimum Gasteiger partial charge on any atom is -0.490 e. The van der Waals surface area contributed by atoms with Gasteiger partial charge in [0.15, 0.2) is 0 Å². The van der Waals surface area contributed by atoms with Crippen LogP contribution < -0.4 is 4.74 Å². The van der Waals surface area contributed by atoms with Crippen molar-refractivity contribution in [2.45, 2.75) is 51.7 Å². The zero-order chi connectivity index (χ0) is 16.4. The van der Waals surface area contributed by atoms with Crippen LogP contribution in [0, 0.1) is 20.8 Å². The number of β-amino-alcohol motifs (C(OH)–C–C–N with tert-alkyl or cyclic N) is 1. The second kappa shape index (κ2) is 6.80. The molecule has 1 unspecified atom stereocenters. The smallest absolute Gasteiger partial charge is 0.134 e. The molecule has 1 aliphatic carbocycles. The van der Waals surface area contributed by atoms with Gasteiger partial charge < -0.3 is 14.6 Å². The van der Waals surface area contributed by atoms with Crippen LogP contribution in [0.5, 0.6) is 5.75 Å². The van der Waals surface area contributed by atoms with Gasteiger partial charge in [-0.15, -0.1) is 0 Å². The summed E-state index contributed by atoms with van der Waals surface area (Å²) in [5.74, 6) is 0.871. The van der Waals surface area contributed by atoms with Crippen LogP contribution in [-0.4, -0.2) is 54.6 Å². The monoisotopic (exact) mass is 319 g/mol. The van der Waals surface area contributed by atoms with E-state index in [4.69, 9.17) is 9.47 Å². The standard InChI is InChI=1S/C19H29NO3/c1-14-9-15(2)16(3)18(10-14)23-13-19(21)11-20(7-8-22-12-19)17-5-4-6-17/h9-10,17,21H,4-8,11-13H2,1-3H3. The first-order valence-electron chi connectivity index (χ1n) is 8.72. The fourth-order valence-electron chi connectivity index (χ4n) is 3.46. The van der Waals surface area contributed by atoms with Crippen molar-refractivity contribution in [2.75, 3.05) is 32.9 Å². The Balaban J connectivity index is 1.67. The van der Waals surface area contributed by atoms with Gasteiger partial charge in [0, 0.05) is 19.1 Å². The molecule has 3 rings (SSSR count). The second-order valence-corrected chi connectivity index (χ2v) is 7.33. The van der Waals surface area contributed by atoms with Gasteiger partial charge in [0.25, 0.3) is 0 Å². The highest BCUT2D eigenvalue weighted by Gasteiger charge is 2.37. The van der Waals surface area contributed by atoms with Crippen molar-refractivity contribution in [1.82, 2.24) is 4.90 Å². The number of hydrogen-bond donors (Lipinski definition) is 1. The van der Waals surface area contributed by atoms with E-state index in [0.29, 0.717) is 25.8 Å². The van der Waals surface area contributed by atoms with Gasteiger partial charge in [0.05, 0.1) is 13.2 Å². The van der Waals surface area contributed by atoms with E-state index < -0.39 is 5.60 Å². The number of aliphatic hydroxyl groups is 1. The summed E-state index contributed by atoms with van der Waals surface area (Å²) in [7, 11) is 0. The number of rotatable bonds is 4. The average molecular weight is 319 g/mol. The van der Waals surface area contributed by atoms with Gasteiger partial charge >= 0.3 is 0 Å². The van der Waals surface area contributed by atoms with Gasteiger partial charge in [-0.25, -0.2) is 0 Å². The number of hydrogen-bond acceptors (Lipinski definition) is 4. The summed E-state index contributed by atoms with van der Waals surface area (Å²) in [6, 6.07) is 4.82. The van der Waals surface area contributed by atoms with Gasteiger partial charge in [-0.05, 0) is 56.4 Å². The molecule has 1 heterocycles. The van der Waals surface area contributed by atoms with Crippen LogP contribution in [-0.2, 0) is 4.74 Å². The maximum Gasteiger partial charge on any atom is 0.134 e. The van der Waals surface area contributed by atoms with E-state index in [1.54, 1.807) is 0 Å². The Morgan fingerprint density at radius 3 is 2.78 bits per heavy atom. The highest BCUT2D eigenvalue weighted by atomic mass is 16.5. The fraction of sp³-hybridized carbons (Fsp3) is 0.684. The van der Waals surface area contributed by atoms with Gasteiger partial charge in [0.2, 0.25) is 0 Å². The van der Waals surface area contributed by atoms with Gasteiger partial charge in [-0.1, -0.05) is 12.5 Å². The van der Waals surface area contributed by atoms with Crippen LogP contribution in [0.1, 0.15) is 36.0 Å². The average Bonchev–Trinajstić information content (AvgIpc) is 2.62. The first-order chi connectivity index (χ1) is 11.0. The van der Waals surface area contributed by atoms with E-state index >= 15 is 0 Å². The molecule has 1 saturated carbocycles. The van der Waals surface area contributed by atoms with E-state index in [-0.39, 0.29) is 6.61 Å². The quantitative estimate of drug-likeness (QED) is 0.926. The Morgan fingerprint density at radius 1 is 1.30 bits per heavy atom. The summed E-state index contributed by atoms with van der Waals surface area (Å²) in [6.07, 6.45) is 3.79. The molecular weight excluding hydrogens is 290 g/mol. The molecule has 1 aromatic rings. The zero-order valence-electron chi connectivity index (χ0n) is 14.6. The summed E-state index contributed by atoms with van der Waals surface area (Å²) in [5.41, 5.74) is 2.61. The molecule has 1 aromatic carbocycles. The van der Waals surface area contributed by atoms with E-state index in [2.05, 4.69) is 31.7 Å². The third kappa shape index (κ3) is 3.87. The lowest BCUT2D eigenvalue weighted by Crippen LogP contribution is -2.52. The third-order valence-electron chi connectivity index (χ3n) is 5.24. The molecule has 23 heavy (non-hydrogen) atoms. The summed E-state index contributed by atoms with van der Waals surface area (Å²) in [4.78, 5) is 2.38. The number of ether oxygens (including phenoxy) is 2. The Hall–Kier alpha value is -1.10. The predicted molar refractivity (Wildman–Crippen MR) is 91.1 cm³/mol. The number of aryl methyl sites for hydroxylation is 2. The number of benzene rings is 1. The van der Waals surface area contributed by atoms with Crippen molar-refractivity contribution < 1.29 is 14.6 Å². The molecule has 1 N–H and O–H groups in total. The van der Waals surface area contributed by atoms with Gasteiger partial charge in [-0.3, -0.25) is 4.90 Å². The van der Waals surface area contributed by atoms with Crippen LogP contribution in [0.3, 0.4) is 0 Å². The highest BCUT2D eigenvalue weighted by molar-refractivity contribution is 5.42. The van der Waals surface area contributed by atoms with Crippen molar-refractivity contribution in [3.8, 4) is 5.75 Å². The lowest BCUT2D eigenvalue weighted by atomic mass is 9.90. The molecule has 0 radical (unpaired) electrons. The molecule has 0 aromatic heterocycles. The molecule has 2 fully saturated rings. The lowest BCUT2D eigenvalue weighted by molar-refractivity contribution is -0.0699. The van der Waals surface area contributed by atoms with E-state index in [9.17, 15) is 5.11 Å². The molecule has 1 aliphatic heterocycles. The molecule has 1 saturated heterocycles.